The molecule has 0 aliphatic carbocycles. The van der Waals surface area contributed by atoms with Gasteiger partial charge in [-0.1, -0.05) is 267 Å². The van der Waals surface area contributed by atoms with Crippen LogP contribution in [-0.4, -0.2) is 96.7 Å². The van der Waals surface area contributed by atoms with Crippen LogP contribution in [0.2, 0.25) is 0 Å². The van der Waals surface area contributed by atoms with Crippen LogP contribution in [0.3, 0.4) is 0 Å². The van der Waals surface area contributed by atoms with Crippen molar-refractivity contribution >= 4 is 39.5 Å². The van der Waals surface area contributed by atoms with E-state index in [4.69, 9.17) is 37.0 Å². The Hall–Kier alpha value is -3.76. The minimum atomic E-state index is -4.98. The Morgan fingerprint density at radius 1 is 0.302 bits per heavy atom. The fourth-order valence-electron chi connectivity index (χ4n) is 10.1. The molecular formula is C77H136O17P2. The number of unbranched alkanes of at least 4 members (excludes halogenated alkanes) is 31. The number of ether oxygens (including phenoxy) is 4. The third kappa shape index (κ3) is 68.8. The minimum Gasteiger partial charge on any atom is -0.462 e. The summed E-state index contributed by atoms with van der Waals surface area (Å²) >= 11 is 0. The van der Waals surface area contributed by atoms with Gasteiger partial charge in [0.15, 0.2) is 12.2 Å². The Balaban J connectivity index is 5.35. The molecule has 0 saturated carbocycles. The molecular weight excluding hydrogens is 1260 g/mol. The molecule has 96 heavy (non-hydrogen) atoms. The lowest BCUT2D eigenvalue weighted by Crippen LogP contribution is -2.30. The Morgan fingerprint density at radius 3 is 0.896 bits per heavy atom. The molecule has 0 amide bonds. The molecule has 0 heterocycles. The van der Waals surface area contributed by atoms with E-state index >= 15 is 0 Å². The number of carbonyl (C=O) groups is 4. The number of phosphoric acid groups is 2. The van der Waals surface area contributed by atoms with Gasteiger partial charge in [0.2, 0.25) is 0 Å². The minimum absolute atomic E-state index is 0.0802. The van der Waals surface area contributed by atoms with E-state index in [1.54, 1.807) is 0 Å². The van der Waals surface area contributed by atoms with Crippen LogP contribution in [0.4, 0.5) is 0 Å². The zero-order valence-corrected chi connectivity index (χ0v) is 62.3. The van der Waals surface area contributed by atoms with Crippen LogP contribution in [-0.2, 0) is 65.4 Å². The summed E-state index contributed by atoms with van der Waals surface area (Å²) in [6, 6.07) is 0. The zero-order chi connectivity index (χ0) is 70.4. The summed E-state index contributed by atoms with van der Waals surface area (Å²) in [4.78, 5) is 72.8. The maximum Gasteiger partial charge on any atom is 0.472 e. The van der Waals surface area contributed by atoms with E-state index in [0.717, 1.165) is 167 Å². The smallest absolute Gasteiger partial charge is 0.462 e. The van der Waals surface area contributed by atoms with Crippen molar-refractivity contribution < 1.29 is 80.2 Å². The molecule has 0 saturated heterocycles. The summed E-state index contributed by atoms with van der Waals surface area (Å²) in [7, 11) is -9.95. The highest BCUT2D eigenvalue weighted by molar-refractivity contribution is 7.47. The van der Waals surface area contributed by atoms with E-state index in [2.05, 4.69) is 113 Å². The van der Waals surface area contributed by atoms with E-state index in [9.17, 15) is 43.2 Å². The summed E-state index contributed by atoms with van der Waals surface area (Å²) in [5.74, 6) is -2.21. The molecule has 0 fully saturated rings. The van der Waals surface area contributed by atoms with Gasteiger partial charge in [0.1, 0.15) is 19.3 Å². The monoisotopic (exact) mass is 1390 g/mol. The van der Waals surface area contributed by atoms with Crippen LogP contribution in [0.5, 0.6) is 0 Å². The molecule has 0 aliphatic rings. The number of aliphatic hydroxyl groups is 1. The van der Waals surface area contributed by atoms with Gasteiger partial charge in [-0.15, -0.1) is 0 Å². The largest absolute Gasteiger partial charge is 0.472 e. The number of phosphoric ester groups is 2. The van der Waals surface area contributed by atoms with Crippen LogP contribution in [0.1, 0.15) is 323 Å². The highest BCUT2D eigenvalue weighted by Gasteiger charge is 2.30. The molecule has 19 heteroatoms. The average Bonchev–Trinajstić information content (AvgIpc) is 3.12. The molecule has 5 atom stereocenters. The zero-order valence-electron chi connectivity index (χ0n) is 60.5. The van der Waals surface area contributed by atoms with Gasteiger partial charge in [0, 0.05) is 25.7 Å². The predicted molar refractivity (Wildman–Crippen MR) is 390 cm³/mol. The molecule has 556 valence electrons. The predicted octanol–water partition coefficient (Wildman–Crippen LogP) is 21.4. The Kier molecular flexibility index (Phi) is 67.0. The number of aliphatic hydroxyl groups excluding tert-OH is 1. The van der Waals surface area contributed by atoms with Crippen molar-refractivity contribution in [3.8, 4) is 0 Å². The summed E-state index contributed by atoms with van der Waals surface area (Å²) in [6.45, 7) is 4.65. The van der Waals surface area contributed by atoms with Crippen LogP contribution in [0.15, 0.2) is 85.1 Å². The molecule has 0 rings (SSSR count). The van der Waals surface area contributed by atoms with Crippen molar-refractivity contribution in [2.75, 3.05) is 39.6 Å². The van der Waals surface area contributed by atoms with Gasteiger partial charge in [-0.3, -0.25) is 37.3 Å². The SMILES string of the molecule is CC/C=C\C/C=C\C/C=C\C/C=C\CCCCCCC(=O)OCC(COP(=O)(O)OCC(O)COP(=O)(O)OCC(COC(=O)CCCCCCC/C=C\C/C=C\CCC)OC(=O)CCCCCCCCCCCCCCC)OC(=O)CCCCCCC/C=C\CCCCCC. The standard InChI is InChI=1S/C77H136O17P2/c1-5-9-13-17-21-25-29-33-34-35-36-40-42-46-50-54-58-62-75(80)88-68-73(94-77(82)64-60-56-52-48-44-39-32-28-24-20-16-12-8-4)70-92-96(85,86)90-66-71(78)65-89-95(83,84)91-69-72(93-76(81)63-59-55-51-47-43-38-31-27-23-19-15-11-7-3)67-87-74(79)61-57-53-49-45-41-37-30-26-22-18-14-10-6-2/h9,13-14,18,21,25-26,28,30,32-34,36,40,71-73,78H,5-8,10-12,15-17,19-20,22-24,27,29,31,35,37-39,41-70H2,1-4H3,(H,83,84)(H,85,86)/b13-9-,18-14-,25-21-,30-26-,32-28-,34-33-,40-36-. The molecule has 0 aromatic carbocycles. The third-order valence-electron chi connectivity index (χ3n) is 15.8. The Morgan fingerprint density at radius 2 is 0.562 bits per heavy atom. The van der Waals surface area contributed by atoms with Crippen molar-refractivity contribution in [1.29, 1.82) is 0 Å². The maximum absolute atomic E-state index is 13.1. The average molecular weight is 1400 g/mol. The topological polar surface area (TPSA) is 237 Å². The van der Waals surface area contributed by atoms with Crippen LogP contribution < -0.4 is 0 Å². The first-order chi connectivity index (χ1) is 46.7. The summed E-state index contributed by atoms with van der Waals surface area (Å²) in [5, 5.41) is 10.6. The summed E-state index contributed by atoms with van der Waals surface area (Å²) in [6.07, 6.45) is 70.0. The van der Waals surface area contributed by atoms with Gasteiger partial charge in [-0.05, 0) is 116 Å². The number of carbonyl (C=O) groups excluding carboxylic acids is 4. The van der Waals surface area contributed by atoms with Crippen LogP contribution in [0, 0.1) is 0 Å². The first-order valence-corrected chi connectivity index (χ1v) is 40.8. The lowest BCUT2D eigenvalue weighted by atomic mass is 10.0. The molecule has 0 radical (unpaired) electrons. The van der Waals surface area contributed by atoms with Gasteiger partial charge in [0.05, 0.1) is 26.4 Å². The fraction of sp³-hybridized carbons (Fsp3) is 0.766. The molecule has 0 spiro atoms. The number of allylic oxidation sites excluding steroid dienone is 14. The van der Waals surface area contributed by atoms with Gasteiger partial charge in [-0.25, -0.2) is 9.13 Å². The number of hydrogen-bond donors (Lipinski definition) is 3. The van der Waals surface area contributed by atoms with Crippen molar-refractivity contribution in [2.24, 2.45) is 0 Å². The number of esters is 4. The van der Waals surface area contributed by atoms with E-state index < -0.39 is 97.5 Å². The second-order valence-corrected chi connectivity index (χ2v) is 28.1. The highest BCUT2D eigenvalue weighted by Crippen LogP contribution is 2.45. The third-order valence-corrected chi connectivity index (χ3v) is 17.7. The molecule has 5 unspecified atom stereocenters. The van der Waals surface area contributed by atoms with Crippen molar-refractivity contribution in [3.05, 3.63) is 85.1 Å². The van der Waals surface area contributed by atoms with E-state index in [-0.39, 0.29) is 25.7 Å². The normalized spacial score (nSPS) is 14.4. The quantitative estimate of drug-likeness (QED) is 0.0169. The maximum atomic E-state index is 13.1. The highest BCUT2D eigenvalue weighted by atomic mass is 31.2. The lowest BCUT2D eigenvalue weighted by molar-refractivity contribution is -0.161. The summed E-state index contributed by atoms with van der Waals surface area (Å²) < 4.78 is 68.4. The number of rotatable bonds is 71. The van der Waals surface area contributed by atoms with Gasteiger partial charge < -0.3 is 33.8 Å². The van der Waals surface area contributed by atoms with Crippen LogP contribution >= 0.6 is 15.6 Å². The molecule has 3 N–H and O–H groups in total. The Bertz CT molecular complexity index is 2160. The van der Waals surface area contributed by atoms with Gasteiger partial charge >= 0.3 is 39.5 Å². The first-order valence-electron chi connectivity index (χ1n) is 37.8. The first kappa shape index (κ1) is 92.2. The molecule has 0 aromatic rings. The number of hydrogen-bond acceptors (Lipinski definition) is 15. The van der Waals surface area contributed by atoms with Crippen molar-refractivity contribution in [2.45, 2.75) is 341 Å². The molecule has 0 aromatic heterocycles. The molecule has 17 nitrogen and oxygen atoms in total. The molecule has 0 bridgehead atoms. The second kappa shape index (κ2) is 69.7. The van der Waals surface area contributed by atoms with Gasteiger partial charge in [-0.2, -0.15) is 0 Å². The van der Waals surface area contributed by atoms with Crippen molar-refractivity contribution in [1.82, 2.24) is 0 Å². The van der Waals surface area contributed by atoms with Crippen molar-refractivity contribution in [3.63, 3.8) is 0 Å². The van der Waals surface area contributed by atoms with E-state index in [1.165, 1.54) is 77.0 Å². The Labute approximate surface area is 583 Å². The second-order valence-electron chi connectivity index (χ2n) is 25.2. The summed E-state index contributed by atoms with van der Waals surface area (Å²) in [5.41, 5.74) is 0. The fourth-order valence-corrected chi connectivity index (χ4v) is 11.6. The van der Waals surface area contributed by atoms with Crippen LogP contribution in [0.25, 0.3) is 0 Å². The van der Waals surface area contributed by atoms with Gasteiger partial charge in [0.25, 0.3) is 0 Å². The molecule has 0 aliphatic heterocycles. The van der Waals surface area contributed by atoms with E-state index in [0.29, 0.717) is 25.7 Å². The van der Waals surface area contributed by atoms with E-state index in [1.807, 2.05) is 0 Å². The lowest BCUT2D eigenvalue weighted by Gasteiger charge is -2.21.